The summed E-state index contributed by atoms with van der Waals surface area (Å²) < 4.78 is 44.1. The van der Waals surface area contributed by atoms with Crippen LogP contribution in [0.25, 0.3) is 10.8 Å². The van der Waals surface area contributed by atoms with E-state index >= 15 is 0 Å². The average molecular weight is 488 g/mol. The highest BCUT2D eigenvalue weighted by atomic mass is 19.3. The van der Waals surface area contributed by atoms with Crippen LogP contribution in [-0.4, -0.2) is 54.7 Å². The molecule has 0 radical (unpaired) electrons. The zero-order valence-corrected chi connectivity index (χ0v) is 19.5. The lowest BCUT2D eigenvalue weighted by Crippen LogP contribution is -2.33. The molecular formula is C25H27F2N3O5. The van der Waals surface area contributed by atoms with Crippen molar-refractivity contribution in [2.24, 2.45) is 11.7 Å². The third kappa shape index (κ3) is 5.62. The Morgan fingerprint density at radius 1 is 1.31 bits per heavy atom. The van der Waals surface area contributed by atoms with E-state index in [0.717, 1.165) is 12.8 Å². The van der Waals surface area contributed by atoms with Gasteiger partial charge in [0.05, 0.1) is 23.3 Å². The Kier molecular flexibility index (Phi) is 7.08. The van der Waals surface area contributed by atoms with Crippen molar-refractivity contribution >= 4 is 22.6 Å². The molecule has 3 heterocycles. The zero-order valence-electron chi connectivity index (χ0n) is 19.5. The van der Waals surface area contributed by atoms with Gasteiger partial charge in [0.25, 0.3) is 11.8 Å². The summed E-state index contributed by atoms with van der Waals surface area (Å²) in [6, 6.07) is 2.32. The fourth-order valence-corrected chi connectivity index (χ4v) is 4.05. The van der Waals surface area contributed by atoms with Gasteiger partial charge in [-0.05, 0) is 38.8 Å². The molecule has 2 saturated heterocycles. The van der Waals surface area contributed by atoms with Crippen LogP contribution in [0, 0.1) is 17.8 Å². The van der Waals surface area contributed by atoms with Crippen molar-refractivity contribution in [2.45, 2.75) is 51.2 Å². The molecular weight excluding hydrogens is 460 g/mol. The van der Waals surface area contributed by atoms with E-state index in [1.165, 1.54) is 6.20 Å². The fraction of sp³-hybridized carbons (Fsp3) is 0.480. The summed E-state index contributed by atoms with van der Waals surface area (Å²) in [6.07, 6.45) is 2.27. The number of rotatable bonds is 6. The molecule has 0 bridgehead atoms. The van der Waals surface area contributed by atoms with Crippen LogP contribution >= 0.6 is 0 Å². The first-order chi connectivity index (χ1) is 16.6. The Labute approximate surface area is 201 Å². The lowest BCUT2D eigenvalue weighted by atomic mass is 9.99. The van der Waals surface area contributed by atoms with Crippen LogP contribution in [0.1, 0.15) is 49.0 Å². The van der Waals surface area contributed by atoms with Gasteiger partial charge in [-0.25, -0.2) is 4.98 Å². The molecule has 1 atom stereocenters. The van der Waals surface area contributed by atoms with Crippen molar-refractivity contribution in [3.05, 3.63) is 29.5 Å². The number of halogens is 2. The van der Waals surface area contributed by atoms with Crippen LogP contribution in [0.2, 0.25) is 0 Å². The molecule has 35 heavy (non-hydrogen) atoms. The number of hydrogen-bond donors (Lipinski definition) is 2. The van der Waals surface area contributed by atoms with E-state index < -0.39 is 30.2 Å². The largest absolute Gasteiger partial charge is 0.490 e. The van der Waals surface area contributed by atoms with Crippen LogP contribution in [0.15, 0.2) is 18.3 Å². The first-order valence-corrected chi connectivity index (χ1v) is 11.5. The van der Waals surface area contributed by atoms with E-state index in [9.17, 15) is 18.4 Å². The van der Waals surface area contributed by atoms with Gasteiger partial charge in [-0.3, -0.25) is 9.59 Å². The molecule has 0 unspecified atom stereocenters. The summed E-state index contributed by atoms with van der Waals surface area (Å²) in [5.41, 5.74) is 6.36. The summed E-state index contributed by atoms with van der Waals surface area (Å²) in [7, 11) is 0. The third-order valence-corrected chi connectivity index (χ3v) is 5.80. The summed E-state index contributed by atoms with van der Waals surface area (Å²) in [6.45, 7) is 4.73. The smallest absolute Gasteiger partial charge is 0.326 e. The highest BCUT2D eigenvalue weighted by Gasteiger charge is 2.48. The molecule has 10 heteroatoms. The molecule has 2 aliphatic heterocycles. The number of aromatic nitrogens is 1. The molecule has 2 aliphatic rings. The predicted octanol–water partition coefficient (Wildman–Crippen LogP) is 2.80. The monoisotopic (exact) mass is 487 g/mol. The molecule has 0 saturated carbocycles. The first-order valence-electron chi connectivity index (χ1n) is 11.5. The van der Waals surface area contributed by atoms with Crippen LogP contribution in [-0.2, 0) is 9.53 Å². The topological polar surface area (TPSA) is 113 Å². The van der Waals surface area contributed by atoms with Crippen LogP contribution in [0.4, 0.5) is 8.78 Å². The number of pyridine rings is 1. The number of carbonyl (C=O) groups excluding carboxylic acids is 2. The Bertz CT molecular complexity index is 1200. The van der Waals surface area contributed by atoms with Crippen molar-refractivity contribution in [2.75, 3.05) is 19.8 Å². The second-order valence-corrected chi connectivity index (χ2v) is 8.95. The van der Waals surface area contributed by atoms with Gasteiger partial charge in [-0.2, -0.15) is 8.78 Å². The summed E-state index contributed by atoms with van der Waals surface area (Å²) >= 11 is 0. The van der Waals surface area contributed by atoms with Gasteiger partial charge in [0, 0.05) is 42.5 Å². The number of carbonyl (C=O) groups is 2. The van der Waals surface area contributed by atoms with Crippen LogP contribution < -0.4 is 20.5 Å². The minimum atomic E-state index is -3.43. The van der Waals surface area contributed by atoms with Gasteiger partial charge in [-0.15, -0.1) is 0 Å². The maximum atomic E-state index is 13.6. The number of nitrogens with two attached hydrogens (primary N) is 1. The molecule has 4 rings (SSSR count). The highest BCUT2D eigenvalue weighted by molar-refractivity contribution is 6.03. The Morgan fingerprint density at radius 3 is 2.69 bits per heavy atom. The van der Waals surface area contributed by atoms with Crippen LogP contribution in [0.3, 0.4) is 0 Å². The Morgan fingerprint density at radius 2 is 2.06 bits per heavy atom. The Balaban J connectivity index is 1.72. The minimum absolute atomic E-state index is 0.144. The van der Waals surface area contributed by atoms with E-state index in [0.29, 0.717) is 29.5 Å². The fourth-order valence-electron chi connectivity index (χ4n) is 4.05. The summed E-state index contributed by atoms with van der Waals surface area (Å²) in [4.78, 5) is 27.9. The maximum absolute atomic E-state index is 13.6. The van der Waals surface area contributed by atoms with Gasteiger partial charge in [0.2, 0.25) is 5.88 Å². The van der Waals surface area contributed by atoms with E-state index in [1.807, 2.05) is 13.8 Å². The summed E-state index contributed by atoms with van der Waals surface area (Å²) in [5.74, 6) is 1.56. The number of nitrogens with one attached hydrogen (secondary N) is 1. The van der Waals surface area contributed by atoms with Gasteiger partial charge in [-0.1, -0.05) is 11.8 Å². The molecule has 3 N–H and O–H groups in total. The SMILES string of the molecule is CC(C)Oc1cc2c(OC[C@@H]3CC(F)(F)C(=O)N3)ncc(C#CC3CCOCC3)c2cc1C(N)=O. The normalized spacial score (nSPS) is 19.8. The molecule has 0 spiro atoms. The Hall–Kier alpha value is -3.45. The van der Waals surface area contributed by atoms with Gasteiger partial charge >= 0.3 is 5.92 Å². The van der Waals surface area contributed by atoms with E-state index in [-0.39, 0.29) is 35.8 Å². The number of amides is 2. The van der Waals surface area contributed by atoms with Crippen molar-refractivity contribution in [1.82, 2.24) is 10.3 Å². The van der Waals surface area contributed by atoms with Crippen molar-refractivity contribution in [3.63, 3.8) is 0 Å². The number of ether oxygens (including phenoxy) is 3. The average Bonchev–Trinajstić information content (AvgIpc) is 3.07. The zero-order chi connectivity index (χ0) is 25.2. The molecule has 0 aliphatic carbocycles. The second kappa shape index (κ2) is 10.0. The van der Waals surface area contributed by atoms with Crippen molar-refractivity contribution < 1.29 is 32.6 Å². The number of primary amides is 1. The number of nitrogens with zero attached hydrogens (tertiary/aromatic N) is 1. The number of benzene rings is 1. The van der Waals surface area contributed by atoms with Gasteiger partial charge < -0.3 is 25.3 Å². The molecule has 1 aromatic carbocycles. The predicted molar refractivity (Wildman–Crippen MR) is 123 cm³/mol. The lowest BCUT2D eigenvalue weighted by molar-refractivity contribution is -0.139. The van der Waals surface area contributed by atoms with Crippen LogP contribution in [0.5, 0.6) is 11.6 Å². The standard InChI is InChI=1S/C25H27F2N3O5/c1-14(2)35-21-10-19-18(9-20(21)22(28)31)16(4-3-15-5-7-33-8-6-15)12-29-23(19)34-13-17-11-25(26,27)24(32)30-17/h9-10,12,14-15,17H,5-8,11,13H2,1-2H3,(H2,28,31)(H,30,32)/t17-/m0/s1. The number of alkyl halides is 2. The number of hydrogen-bond acceptors (Lipinski definition) is 6. The van der Waals surface area contributed by atoms with Gasteiger partial charge in [0.1, 0.15) is 12.4 Å². The first kappa shape index (κ1) is 24.7. The molecule has 2 aromatic rings. The lowest BCUT2D eigenvalue weighted by Gasteiger charge is -2.18. The molecule has 1 aromatic heterocycles. The quantitative estimate of drug-likeness (QED) is 0.606. The molecule has 2 amide bonds. The van der Waals surface area contributed by atoms with Crippen molar-refractivity contribution in [1.29, 1.82) is 0 Å². The summed E-state index contributed by atoms with van der Waals surface area (Å²) in [5, 5.41) is 3.29. The maximum Gasteiger partial charge on any atom is 0.326 e. The molecule has 8 nitrogen and oxygen atoms in total. The second-order valence-electron chi connectivity index (χ2n) is 8.95. The highest BCUT2D eigenvalue weighted by Crippen LogP contribution is 2.34. The minimum Gasteiger partial charge on any atom is -0.490 e. The molecule has 186 valence electrons. The van der Waals surface area contributed by atoms with E-state index in [1.54, 1.807) is 12.1 Å². The van der Waals surface area contributed by atoms with E-state index in [2.05, 4.69) is 22.1 Å². The van der Waals surface area contributed by atoms with Crippen molar-refractivity contribution in [3.8, 4) is 23.5 Å². The molecule has 2 fully saturated rings. The van der Waals surface area contributed by atoms with Gasteiger partial charge in [0.15, 0.2) is 0 Å². The third-order valence-electron chi connectivity index (χ3n) is 5.80. The number of fused-ring (bicyclic) bond motifs is 1. The van der Waals surface area contributed by atoms with E-state index in [4.69, 9.17) is 19.9 Å².